The zero-order valence-electron chi connectivity index (χ0n) is 25.9. The molecule has 3 atom stereocenters. The molecule has 0 aliphatic heterocycles. The van der Waals surface area contributed by atoms with Crippen molar-refractivity contribution in [2.45, 2.75) is 98.4 Å². The van der Waals surface area contributed by atoms with Crippen LogP contribution in [-0.4, -0.2) is 72.1 Å². The maximum Gasteiger partial charge on any atom is 0.408 e. The summed E-state index contributed by atoms with van der Waals surface area (Å²) in [4.78, 5) is 54.4. The van der Waals surface area contributed by atoms with Crippen LogP contribution in [0.25, 0.3) is 0 Å². The summed E-state index contributed by atoms with van der Waals surface area (Å²) in [5, 5.41) is 5.41. The lowest BCUT2D eigenvalue weighted by atomic mass is 9.95. The van der Waals surface area contributed by atoms with E-state index in [2.05, 4.69) is 24.5 Å². The molecule has 1 aromatic carbocycles. The molecule has 0 radical (unpaired) electrons. The summed E-state index contributed by atoms with van der Waals surface area (Å²) >= 11 is 1.56. The van der Waals surface area contributed by atoms with E-state index in [0.717, 1.165) is 17.5 Å². The van der Waals surface area contributed by atoms with Gasteiger partial charge in [-0.1, -0.05) is 32.0 Å². The van der Waals surface area contributed by atoms with Gasteiger partial charge in [0, 0.05) is 6.04 Å². The topological polar surface area (TPSA) is 114 Å². The van der Waals surface area contributed by atoms with Crippen LogP contribution in [0.15, 0.2) is 18.2 Å². The largest absolute Gasteiger partial charge is 0.468 e. The first-order valence-corrected chi connectivity index (χ1v) is 15.2. The number of benzene rings is 1. The van der Waals surface area contributed by atoms with E-state index in [1.54, 1.807) is 37.4 Å². The fourth-order valence-corrected chi connectivity index (χ4v) is 4.61. The highest BCUT2D eigenvalue weighted by Crippen LogP contribution is 2.29. The van der Waals surface area contributed by atoms with Gasteiger partial charge >= 0.3 is 12.1 Å². The fraction of sp³-hybridized carbons (Fsp3) is 0.667. The Morgan fingerprint density at radius 2 is 1.65 bits per heavy atom. The number of nitrogens with one attached hydrogen (secondary N) is 2. The minimum atomic E-state index is -1.03. The molecule has 0 saturated heterocycles. The number of nitrogens with zero attached hydrogens (tertiary/aromatic N) is 1. The van der Waals surface area contributed by atoms with Crippen LogP contribution in [0.1, 0.15) is 83.5 Å². The summed E-state index contributed by atoms with van der Waals surface area (Å²) in [5.41, 5.74) is 1.90. The lowest BCUT2D eigenvalue weighted by molar-refractivity contribution is -0.146. The number of esters is 1. The van der Waals surface area contributed by atoms with Crippen LogP contribution >= 0.6 is 11.8 Å². The van der Waals surface area contributed by atoms with Crippen molar-refractivity contribution in [1.82, 2.24) is 15.5 Å². The van der Waals surface area contributed by atoms with E-state index in [4.69, 9.17) is 9.47 Å². The quantitative estimate of drug-likeness (QED) is 0.300. The van der Waals surface area contributed by atoms with Crippen LogP contribution < -0.4 is 10.6 Å². The number of hydrogen-bond donors (Lipinski definition) is 2. The molecular formula is C30H49N3O6S. The summed E-state index contributed by atoms with van der Waals surface area (Å²) in [7, 11) is 1.25. The summed E-state index contributed by atoms with van der Waals surface area (Å²) in [5.74, 6) is -0.474. The highest BCUT2D eigenvalue weighted by Gasteiger charge is 2.39. The second-order valence-corrected chi connectivity index (χ2v) is 12.6. The van der Waals surface area contributed by atoms with E-state index in [0.29, 0.717) is 30.1 Å². The summed E-state index contributed by atoms with van der Waals surface area (Å²) < 4.78 is 10.2. The Hall–Kier alpha value is -2.75. The van der Waals surface area contributed by atoms with Gasteiger partial charge in [0.25, 0.3) is 0 Å². The van der Waals surface area contributed by atoms with Gasteiger partial charge in [-0.25, -0.2) is 4.79 Å². The molecule has 0 fully saturated rings. The van der Waals surface area contributed by atoms with E-state index < -0.39 is 35.7 Å². The monoisotopic (exact) mass is 579 g/mol. The number of alkyl carbamates (subject to hydrolysis) is 1. The van der Waals surface area contributed by atoms with Crippen molar-refractivity contribution in [3.05, 3.63) is 34.9 Å². The Balaban J connectivity index is 3.65. The van der Waals surface area contributed by atoms with E-state index in [9.17, 15) is 19.2 Å². The van der Waals surface area contributed by atoms with Crippen molar-refractivity contribution in [2.24, 2.45) is 5.92 Å². The van der Waals surface area contributed by atoms with Crippen LogP contribution in [0.4, 0.5) is 4.79 Å². The zero-order chi connectivity index (χ0) is 30.6. The minimum Gasteiger partial charge on any atom is -0.468 e. The number of thioether (sulfide) groups is 1. The molecule has 1 aromatic rings. The van der Waals surface area contributed by atoms with Crippen molar-refractivity contribution >= 4 is 35.6 Å². The van der Waals surface area contributed by atoms with Gasteiger partial charge in [0.15, 0.2) is 0 Å². The molecule has 10 heteroatoms. The molecule has 226 valence electrons. The van der Waals surface area contributed by atoms with Gasteiger partial charge in [-0.15, -0.1) is 0 Å². The lowest BCUT2D eigenvalue weighted by Gasteiger charge is -2.39. The van der Waals surface area contributed by atoms with E-state index in [1.165, 1.54) is 7.11 Å². The molecule has 0 aliphatic carbocycles. The molecule has 3 unspecified atom stereocenters. The predicted molar refractivity (Wildman–Crippen MR) is 160 cm³/mol. The van der Waals surface area contributed by atoms with Gasteiger partial charge in [-0.3, -0.25) is 14.4 Å². The van der Waals surface area contributed by atoms with Crippen LogP contribution in [0.3, 0.4) is 0 Å². The van der Waals surface area contributed by atoms with Gasteiger partial charge < -0.3 is 25.0 Å². The van der Waals surface area contributed by atoms with E-state index >= 15 is 0 Å². The molecule has 0 spiro atoms. The van der Waals surface area contributed by atoms with Crippen molar-refractivity contribution in [1.29, 1.82) is 0 Å². The second kappa shape index (κ2) is 16.5. The highest BCUT2D eigenvalue weighted by atomic mass is 32.2. The number of carbonyl (C=O) groups excluding carboxylic acids is 4. The Morgan fingerprint density at radius 1 is 1.00 bits per heavy atom. The predicted octanol–water partition coefficient (Wildman–Crippen LogP) is 4.93. The number of ether oxygens (including phenoxy) is 2. The van der Waals surface area contributed by atoms with Crippen LogP contribution in [0.2, 0.25) is 0 Å². The summed E-state index contributed by atoms with van der Waals surface area (Å²) in [6.45, 7) is 15.0. The molecule has 0 bridgehead atoms. The third-order valence-corrected chi connectivity index (χ3v) is 7.14. The summed E-state index contributed by atoms with van der Waals surface area (Å²) in [6.07, 6.45) is 3.08. The average Bonchev–Trinajstić information content (AvgIpc) is 2.86. The molecule has 0 heterocycles. The number of rotatable bonds is 14. The molecule has 1 rings (SSSR count). The summed E-state index contributed by atoms with van der Waals surface area (Å²) in [6, 6.07) is 3.35. The standard InChI is InChI=1S/C30H49N3O6S/c1-19(2)11-13-22(5)33(28(36)24(15-16-40-10)32-29(37)39-30(6,7)8)26(27(35)31-18-25(34)38-9)23-14-12-20(3)21(4)17-23/h12,14,17,19,22,24,26H,11,13,15-16,18H2,1-10H3,(H,31,35)(H,32,37). The number of methoxy groups -OCH3 is 1. The molecule has 0 aromatic heterocycles. The maximum absolute atomic E-state index is 14.4. The third-order valence-electron chi connectivity index (χ3n) is 6.50. The van der Waals surface area contributed by atoms with Gasteiger partial charge in [-0.2, -0.15) is 11.8 Å². The number of amides is 3. The van der Waals surface area contributed by atoms with Crippen molar-refractivity contribution in [3.63, 3.8) is 0 Å². The molecule has 40 heavy (non-hydrogen) atoms. The average molecular weight is 580 g/mol. The van der Waals surface area contributed by atoms with Crippen molar-refractivity contribution < 1.29 is 28.7 Å². The van der Waals surface area contributed by atoms with Crippen molar-refractivity contribution in [3.8, 4) is 0 Å². The first-order valence-electron chi connectivity index (χ1n) is 13.8. The number of hydrogen-bond acceptors (Lipinski definition) is 7. The van der Waals surface area contributed by atoms with Gasteiger partial charge in [0.1, 0.15) is 24.2 Å². The Kier molecular flexibility index (Phi) is 14.6. The Bertz CT molecular complexity index is 1010. The normalized spacial score (nSPS) is 13.7. The van der Waals surface area contributed by atoms with Crippen LogP contribution in [0.5, 0.6) is 0 Å². The molecule has 0 saturated carbocycles. The Morgan fingerprint density at radius 3 is 2.17 bits per heavy atom. The third kappa shape index (κ3) is 11.8. The van der Waals surface area contributed by atoms with E-state index in [-0.39, 0.29) is 18.5 Å². The molecule has 2 N–H and O–H groups in total. The van der Waals surface area contributed by atoms with Gasteiger partial charge in [0.2, 0.25) is 11.8 Å². The first-order chi connectivity index (χ1) is 18.6. The van der Waals surface area contributed by atoms with Crippen LogP contribution in [-0.2, 0) is 23.9 Å². The molecule has 3 amide bonds. The minimum absolute atomic E-state index is 0.328. The molecule has 9 nitrogen and oxygen atoms in total. The Labute approximate surface area is 244 Å². The number of aryl methyl sites for hydroxylation is 2. The van der Waals surface area contributed by atoms with E-state index in [1.807, 2.05) is 45.2 Å². The maximum atomic E-state index is 14.4. The highest BCUT2D eigenvalue weighted by molar-refractivity contribution is 7.98. The second-order valence-electron chi connectivity index (χ2n) is 11.6. The smallest absolute Gasteiger partial charge is 0.408 e. The van der Waals surface area contributed by atoms with Gasteiger partial charge in [-0.05, 0) is 95.4 Å². The number of carbonyl (C=O) groups is 4. The zero-order valence-corrected chi connectivity index (χ0v) is 26.7. The van der Waals surface area contributed by atoms with Crippen LogP contribution in [0, 0.1) is 19.8 Å². The molecule has 0 aliphatic rings. The first kappa shape index (κ1) is 35.3. The van der Waals surface area contributed by atoms with Gasteiger partial charge in [0.05, 0.1) is 7.11 Å². The fourth-order valence-electron chi connectivity index (χ4n) is 4.14. The SMILES string of the molecule is COC(=O)CNC(=O)C(c1ccc(C)c(C)c1)N(C(=O)C(CCSC)NC(=O)OC(C)(C)C)C(C)CCC(C)C. The lowest BCUT2D eigenvalue weighted by Crippen LogP contribution is -2.56. The van der Waals surface area contributed by atoms with Crippen molar-refractivity contribution in [2.75, 3.05) is 25.7 Å². The molecular weight excluding hydrogens is 530 g/mol.